The molecule has 146 valence electrons. The number of rotatable bonds is 5. The molecule has 0 aliphatic carbocycles. The molecule has 7 nitrogen and oxygen atoms in total. The van der Waals surface area contributed by atoms with E-state index >= 15 is 0 Å². The summed E-state index contributed by atoms with van der Waals surface area (Å²) < 4.78 is 12.6. The van der Waals surface area contributed by atoms with Gasteiger partial charge in [0.2, 0.25) is 0 Å². The minimum absolute atomic E-state index is 0.244. The first-order chi connectivity index (χ1) is 14.0. The standard InChI is InChI=1S/C22H19N3O4/c1-3-28-17-8-9-18-19(13-21(26)29-20(18)12-17)22(27)24-15-4-6-16(7-5-15)25-11-10-23-14(25)2/h4-13H,3H2,1-2H3,(H,24,27). The quantitative estimate of drug-likeness (QED) is 0.523. The van der Waals surface area contributed by atoms with Crippen LogP contribution in [-0.4, -0.2) is 22.1 Å². The summed E-state index contributed by atoms with van der Waals surface area (Å²) in [6, 6.07) is 13.6. The molecule has 0 fully saturated rings. The molecule has 4 rings (SSSR count). The van der Waals surface area contributed by atoms with Gasteiger partial charge in [0.15, 0.2) is 0 Å². The van der Waals surface area contributed by atoms with Crippen LogP contribution in [0.3, 0.4) is 0 Å². The van der Waals surface area contributed by atoms with Crippen molar-refractivity contribution in [2.45, 2.75) is 13.8 Å². The molecule has 2 aromatic carbocycles. The largest absolute Gasteiger partial charge is 0.494 e. The fourth-order valence-corrected chi connectivity index (χ4v) is 3.14. The van der Waals surface area contributed by atoms with E-state index in [1.165, 1.54) is 6.07 Å². The highest BCUT2D eigenvalue weighted by Gasteiger charge is 2.14. The summed E-state index contributed by atoms with van der Waals surface area (Å²) >= 11 is 0. The molecule has 2 aromatic heterocycles. The summed E-state index contributed by atoms with van der Waals surface area (Å²) in [5, 5.41) is 3.37. The number of anilines is 1. The van der Waals surface area contributed by atoms with Crippen LogP contribution in [0.25, 0.3) is 16.7 Å². The molecule has 7 heteroatoms. The van der Waals surface area contributed by atoms with E-state index in [4.69, 9.17) is 9.15 Å². The van der Waals surface area contributed by atoms with E-state index in [1.807, 2.05) is 36.7 Å². The lowest BCUT2D eigenvalue weighted by molar-refractivity contribution is 0.102. The average Bonchev–Trinajstić information content (AvgIpc) is 3.14. The molecule has 1 amide bonds. The van der Waals surface area contributed by atoms with Crippen molar-refractivity contribution in [3.63, 3.8) is 0 Å². The van der Waals surface area contributed by atoms with Gasteiger partial charge < -0.3 is 19.0 Å². The lowest BCUT2D eigenvalue weighted by atomic mass is 10.1. The van der Waals surface area contributed by atoms with Gasteiger partial charge in [-0.15, -0.1) is 0 Å². The van der Waals surface area contributed by atoms with Crippen molar-refractivity contribution < 1.29 is 13.9 Å². The number of amides is 1. The minimum Gasteiger partial charge on any atom is -0.494 e. The molecule has 2 heterocycles. The van der Waals surface area contributed by atoms with Crippen LogP contribution in [0, 0.1) is 6.92 Å². The second-order valence-corrected chi connectivity index (χ2v) is 6.42. The molecule has 0 aliphatic heterocycles. The first kappa shape index (κ1) is 18.5. The summed E-state index contributed by atoms with van der Waals surface area (Å²) in [7, 11) is 0. The van der Waals surface area contributed by atoms with Gasteiger partial charge in [-0.25, -0.2) is 9.78 Å². The minimum atomic E-state index is -0.595. The van der Waals surface area contributed by atoms with E-state index in [1.54, 1.807) is 36.5 Å². The number of carbonyl (C=O) groups is 1. The first-order valence-corrected chi connectivity index (χ1v) is 9.17. The zero-order chi connectivity index (χ0) is 20.4. The van der Waals surface area contributed by atoms with Gasteiger partial charge in [0.05, 0.1) is 12.2 Å². The topological polar surface area (TPSA) is 86.4 Å². The Balaban J connectivity index is 1.62. The van der Waals surface area contributed by atoms with Crippen LogP contribution in [0.4, 0.5) is 5.69 Å². The van der Waals surface area contributed by atoms with Crippen LogP contribution in [0.2, 0.25) is 0 Å². The summed E-state index contributed by atoms with van der Waals surface area (Å²) in [4.78, 5) is 29.0. The van der Waals surface area contributed by atoms with Gasteiger partial charge in [-0.2, -0.15) is 0 Å². The van der Waals surface area contributed by atoms with Gasteiger partial charge in [-0.05, 0) is 50.2 Å². The lowest BCUT2D eigenvalue weighted by Crippen LogP contribution is -2.15. The molecule has 4 aromatic rings. The molecule has 0 bridgehead atoms. The number of ether oxygens (including phenoxy) is 1. The van der Waals surface area contributed by atoms with Crippen molar-refractivity contribution in [1.82, 2.24) is 9.55 Å². The SMILES string of the molecule is CCOc1ccc2c(C(=O)Nc3ccc(-n4ccnc4C)cc3)cc(=O)oc2c1. The predicted molar refractivity (Wildman–Crippen MR) is 110 cm³/mol. The van der Waals surface area contributed by atoms with Crippen molar-refractivity contribution >= 4 is 22.6 Å². The number of aromatic nitrogens is 2. The summed E-state index contributed by atoms with van der Waals surface area (Å²) in [5.74, 6) is 1.06. The Kier molecular flexibility index (Phi) is 4.87. The highest BCUT2D eigenvalue weighted by atomic mass is 16.5. The predicted octanol–water partition coefficient (Wildman–Crippen LogP) is 3.94. The van der Waals surface area contributed by atoms with Crippen molar-refractivity contribution in [1.29, 1.82) is 0 Å². The molecule has 0 aliphatic rings. The third-order valence-electron chi connectivity index (χ3n) is 4.50. The highest BCUT2D eigenvalue weighted by molar-refractivity contribution is 6.12. The van der Waals surface area contributed by atoms with Crippen LogP contribution in [0.5, 0.6) is 5.75 Å². The smallest absolute Gasteiger partial charge is 0.337 e. The van der Waals surface area contributed by atoms with E-state index in [9.17, 15) is 9.59 Å². The Morgan fingerprint density at radius 2 is 1.97 bits per heavy atom. The van der Waals surface area contributed by atoms with Crippen LogP contribution < -0.4 is 15.7 Å². The summed E-state index contributed by atoms with van der Waals surface area (Å²) in [5.41, 5.74) is 1.51. The van der Waals surface area contributed by atoms with Gasteiger partial charge in [0.25, 0.3) is 5.91 Å². The third-order valence-corrected chi connectivity index (χ3v) is 4.50. The van der Waals surface area contributed by atoms with Crippen LogP contribution in [-0.2, 0) is 0 Å². The Hall–Kier alpha value is -3.87. The van der Waals surface area contributed by atoms with Crippen LogP contribution in [0.15, 0.2) is 70.1 Å². The number of hydrogen-bond donors (Lipinski definition) is 1. The highest BCUT2D eigenvalue weighted by Crippen LogP contribution is 2.24. The zero-order valence-electron chi connectivity index (χ0n) is 16.0. The average molecular weight is 389 g/mol. The molecule has 0 saturated heterocycles. The molecule has 0 radical (unpaired) electrons. The second kappa shape index (κ2) is 7.63. The molecule has 29 heavy (non-hydrogen) atoms. The summed E-state index contributed by atoms with van der Waals surface area (Å²) in [6.07, 6.45) is 3.60. The molecule has 1 N–H and O–H groups in total. The number of benzene rings is 2. The molecule has 0 unspecified atom stereocenters. The summed E-state index contributed by atoms with van der Waals surface area (Å²) in [6.45, 7) is 4.27. The van der Waals surface area contributed by atoms with E-state index < -0.39 is 11.5 Å². The first-order valence-electron chi connectivity index (χ1n) is 9.17. The van der Waals surface area contributed by atoms with Gasteiger partial charge in [-0.1, -0.05) is 0 Å². The number of carbonyl (C=O) groups excluding carboxylic acids is 1. The molecule has 0 saturated carbocycles. The Morgan fingerprint density at radius 1 is 1.17 bits per heavy atom. The van der Waals surface area contributed by atoms with E-state index in [2.05, 4.69) is 10.3 Å². The number of nitrogens with zero attached hydrogens (tertiary/aromatic N) is 2. The fraction of sp³-hybridized carbons (Fsp3) is 0.136. The van der Waals surface area contributed by atoms with Crippen LogP contribution in [0.1, 0.15) is 23.1 Å². The monoisotopic (exact) mass is 389 g/mol. The van der Waals surface area contributed by atoms with Crippen molar-refractivity contribution in [3.8, 4) is 11.4 Å². The van der Waals surface area contributed by atoms with Gasteiger partial charge in [0.1, 0.15) is 17.2 Å². The number of fused-ring (bicyclic) bond motifs is 1. The van der Waals surface area contributed by atoms with Crippen molar-refractivity contribution in [2.75, 3.05) is 11.9 Å². The maximum Gasteiger partial charge on any atom is 0.337 e. The Labute approximate surface area is 166 Å². The van der Waals surface area contributed by atoms with Gasteiger partial charge >= 0.3 is 5.63 Å². The number of nitrogens with one attached hydrogen (secondary N) is 1. The number of imidazole rings is 1. The fourth-order valence-electron chi connectivity index (χ4n) is 3.14. The van der Waals surface area contributed by atoms with Gasteiger partial charge in [-0.3, -0.25) is 4.79 Å². The maximum atomic E-state index is 12.8. The Bertz CT molecular complexity index is 1240. The molecule has 0 spiro atoms. The van der Waals surface area contributed by atoms with E-state index in [-0.39, 0.29) is 5.56 Å². The lowest BCUT2D eigenvalue weighted by Gasteiger charge is -2.10. The second-order valence-electron chi connectivity index (χ2n) is 6.42. The third kappa shape index (κ3) is 3.75. The normalized spacial score (nSPS) is 10.8. The molecular weight excluding hydrogens is 370 g/mol. The number of aryl methyl sites for hydroxylation is 1. The zero-order valence-corrected chi connectivity index (χ0v) is 16.0. The molecular formula is C22H19N3O4. The van der Waals surface area contributed by atoms with Crippen LogP contribution >= 0.6 is 0 Å². The van der Waals surface area contributed by atoms with Crippen molar-refractivity contribution in [2.24, 2.45) is 0 Å². The van der Waals surface area contributed by atoms with E-state index in [0.29, 0.717) is 29.0 Å². The van der Waals surface area contributed by atoms with Gasteiger partial charge in [0, 0.05) is 41.3 Å². The van der Waals surface area contributed by atoms with E-state index in [0.717, 1.165) is 11.5 Å². The van der Waals surface area contributed by atoms with Crippen molar-refractivity contribution in [3.05, 3.63) is 82.7 Å². The maximum absolute atomic E-state index is 12.8. The number of hydrogen-bond acceptors (Lipinski definition) is 5. The molecule has 0 atom stereocenters. The Morgan fingerprint density at radius 3 is 2.66 bits per heavy atom.